The monoisotopic (exact) mass is 500 g/mol. The van der Waals surface area contributed by atoms with E-state index in [1.54, 1.807) is 50.7 Å². The van der Waals surface area contributed by atoms with Gasteiger partial charge in [-0.05, 0) is 64.3 Å². The number of pyridine rings is 1. The van der Waals surface area contributed by atoms with Crippen molar-refractivity contribution < 1.29 is 18.6 Å². The summed E-state index contributed by atoms with van der Waals surface area (Å²) in [6, 6.07) is 17.7. The Hall–Kier alpha value is -2.97. The van der Waals surface area contributed by atoms with Gasteiger partial charge in [0, 0.05) is 33.1 Å². The second-order valence-corrected chi connectivity index (χ2v) is 8.11. The van der Waals surface area contributed by atoms with Crippen LogP contribution in [-0.2, 0) is 0 Å². The van der Waals surface area contributed by atoms with Gasteiger partial charge in [0.25, 0.3) is 0 Å². The van der Waals surface area contributed by atoms with E-state index >= 15 is 0 Å². The lowest BCUT2D eigenvalue weighted by Gasteiger charge is -2.13. The van der Waals surface area contributed by atoms with Crippen LogP contribution < -0.4 is 18.9 Å². The molecule has 3 aromatic carbocycles. The number of anilines is 1. The first kappa shape index (κ1) is 21.3. The van der Waals surface area contributed by atoms with Crippen molar-refractivity contribution in [3.8, 4) is 23.0 Å². The van der Waals surface area contributed by atoms with Gasteiger partial charge in [-0.1, -0.05) is 12.1 Å². The molecule has 0 fully saturated rings. The third kappa shape index (κ3) is 4.70. The standard InChI is InChI=1S/C23H18BrFN2O3S/c1-28-21-12-15-19(13-22(21)29-2)26-10-9-20(15)30-14-7-8-18(17(25)11-14)27-31-23-6-4-3-5-16(23)24/h3-13,27H,1-2H3. The number of methoxy groups -OCH3 is 2. The summed E-state index contributed by atoms with van der Waals surface area (Å²) in [4.78, 5) is 5.31. The maximum atomic E-state index is 14.7. The minimum Gasteiger partial charge on any atom is -0.493 e. The van der Waals surface area contributed by atoms with Crippen molar-refractivity contribution in [2.24, 2.45) is 0 Å². The third-order valence-corrected chi connectivity index (χ3v) is 6.33. The van der Waals surface area contributed by atoms with Crippen molar-refractivity contribution in [3.05, 3.63) is 77.2 Å². The Morgan fingerprint density at radius 2 is 1.71 bits per heavy atom. The van der Waals surface area contributed by atoms with Crippen LogP contribution in [0.3, 0.4) is 0 Å². The number of ether oxygens (including phenoxy) is 3. The summed E-state index contributed by atoms with van der Waals surface area (Å²) in [5, 5.41) is 0.729. The van der Waals surface area contributed by atoms with Gasteiger partial charge in [-0.25, -0.2) is 4.39 Å². The van der Waals surface area contributed by atoms with E-state index in [1.807, 2.05) is 24.3 Å². The number of aromatic nitrogens is 1. The van der Waals surface area contributed by atoms with E-state index in [0.29, 0.717) is 34.2 Å². The van der Waals surface area contributed by atoms with E-state index in [2.05, 4.69) is 25.6 Å². The molecule has 0 spiro atoms. The van der Waals surface area contributed by atoms with Gasteiger partial charge in [0.2, 0.25) is 0 Å². The molecular weight excluding hydrogens is 483 g/mol. The van der Waals surface area contributed by atoms with Crippen LogP contribution in [0.25, 0.3) is 10.9 Å². The van der Waals surface area contributed by atoms with E-state index in [-0.39, 0.29) is 0 Å². The van der Waals surface area contributed by atoms with Gasteiger partial charge in [0.05, 0.1) is 25.4 Å². The van der Waals surface area contributed by atoms with Gasteiger partial charge in [-0.2, -0.15) is 0 Å². The maximum absolute atomic E-state index is 14.7. The van der Waals surface area contributed by atoms with Crippen molar-refractivity contribution in [2.75, 3.05) is 18.9 Å². The number of rotatable bonds is 7. The van der Waals surface area contributed by atoms with Crippen molar-refractivity contribution in [3.63, 3.8) is 0 Å². The van der Waals surface area contributed by atoms with Crippen LogP contribution in [0.2, 0.25) is 0 Å². The van der Waals surface area contributed by atoms with E-state index in [0.717, 1.165) is 14.8 Å². The number of hydrogen-bond acceptors (Lipinski definition) is 6. The lowest BCUT2D eigenvalue weighted by atomic mass is 10.2. The van der Waals surface area contributed by atoms with Gasteiger partial charge < -0.3 is 18.9 Å². The zero-order valence-electron chi connectivity index (χ0n) is 16.7. The molecule has 0 aliphatic rings. The molecule has 0 unspecified atom stereocenters. The lowest BCUT2D eigenvalue weighted by molar-refractivity contribution is 0.355. The van der Waals surface area contributed by atoms with Crippen molar-refractivity contribution >= 4 is 44.5 Å². The molecule has 1 N–H and O–H groups in total. The fourth-order valence-corrected chi connectivity index (χ4v) is 4.17. The van der Waals surface area contributed by atoms with Crippen LogP contribution in [0, 0.1) is 5.82 Å². The lowest BCUT2D eigenvalue weighted by Crippen LogP contribution is -1.95. The van der Waals surface area contributed by atoms with Crippen molar-refractivity contribution in [2.45, 2.75) is 4.90 Å². The predicted molar refractivity (Wildman–Crippen MR) is 125 cm³/mol. The molecule has 4 aromatic rings. The molecule has 0 aliphatic carbocycles. The number of halogens is 2. The molecule has 4 rings (SSSR count). The molecule has 158 valence electrons. The topological polar surface area (TPSA) is 52.6 Å². The number of hydrogen-bond donors (Lipinski definition) is 1. The zero-order chi connectivity index (χ0) is 21.8. The van der Waals surface area contributed by atoms with E-state index in [9.17, 15) is 4.39 Å². The van der Waals surface area contributed by atoms with Crippen LogP contribution in [0.15, 0.2) is 76.2 Å². The molecule has 8 heteroatoms. The van der Waals surface area contributed by atoms with Crippen molar-refractivity contribution in [1.29, 1.82) is 0 Å². The zero-order valence-corrected chi connectivity index (χ0v) is 19.1. The Balaban J connectivity index is 1.56. The molecule has 0 saturated heterocycles. The summed E-state index contributed by atoms with van der Waals surface area (Å²) >= 11 is 4.80. The molecule has 1 heterocycles. The summed E-state index contributed by atoms with van der Waals surface area (Å²) in [5.41, 5.74) is 1.04. The molecule has 31 heavy (non-hydrogen) atoms. The molecule has 0 saturated carbocycles. The second kappa shape index (κ2) is 9.45. The van der Waals surface area contributed by atoms with Crippen molar-refractivity contribution in [1.82, 2.24) is 4.98 Å². The third-order valence-electron chi connectivity index (χ3n) is 4.48. The average molecular weight is 501 g/mol. The first-order chi connectivity index (χ1) is 15.1. The Labute approximate surface area is 191 Å². The average Bonchev–Trinajstić information content (AvgIpc) is 2.79. The molecule has 0 bridgehead atoms. The Morgan fingerprint density at radius 3 is 2.45 bits per heavy atom. The molecule has 0 radical (unpaired) electrons. The second-order valence-electron chi connectivity index (χ2n) is 6.41. The highest BCUT2D eigenvalue weighted by Gasteiger charge is 2.12. The predicted octanol–water partition coefficient (Wildman–Crippen LogP) is 7.07. The van der Waals surface area contributed by atoms with Crippen LogP contribution >= 0.6 is 27.9 Å². The highest BCUT2D eigenvalue weighted by atomic mass is 79.9. The van der Waals surface area contributed by atoms with Gasteiger partial charge in [0.1, 0.15) is 11.5 Å². The molecule has 0 amide bonds. The quantitative estimate of drug-likeness (QED) is 0.274. The largest absolute Gasteiger partial charge is 0.493 e. The Bertz CT molecular complexity index is 1240. The summed E-state index contributed by atoms with van der Waals surface area (Å²) < 4.78 is 35.3. The Kier molecular flexibility index (Phi) is 6.48. The first-order valence-electron chi connectivity index (χ1n) is 9.24. The SMILES string of the molecule is COc1cc2nccc(Oc3ccc(NSc4ccccc4Br)c(F)c3)c2cc1OC. The summed E-state index contributed by atoms with van der Waals surface area (Å²) in [7, 11) is 3.13. The van der Waals surface area contributed by atoms with Gasteiger partial charge in [-0.15, -0.1) is 0 Å². The van der Waals surface area contributed by atoms with Crippen LogP contribution in [0.4, 0.5) is 10.1 Å². The van der Waals surface area contributed by atoms with E-state index < -0.39 is 5.82 Å². The highest BCUT2D eigenvalue weighted by Crippen LogP contribution is 2.37. The summed E-state index contributed by atoms with van der Waals surface area (Å²) in [6.45, 7) is 0. The highest BCUT2D eigenvalue weighted by molar-refractivity contribution is 9.10. The van der Waals surface area contributed by atoms with E-state index in [4.69, 9.17) is 14.2 Å². The molecule has 5 nitrogen and oxygen atoms in total. The minimum absolute atomic E-state index is 0.360. The van der Waals surface area contributed by atoms with Crippen LogP contribution in [-0.4, -0.2) is 19.2 Å². The fraction of sp³-hybridized carbons (Fsp3) is 0.0870. The van der Waals surface area contributed by atoms with Gasteiger partial charge in [-0.3, -0.25) is 4.98 Å². The molecule has 0 atom stereocenters. The Morgan fingerprint density at radius 1 is 0.935 bits per heavy atom. The van der Waals surface area contributed by atoms with Crippen LogP contribution in [0.5, 0.6) is 23.0 Å². The number of nitrogens with one attached hydrogen (secondary N) is 1. The summed E-state index contributed by atoms with van der Waals surface area (Å²) in [6.07, 6.45) is 1.63. The van der Waals surface area contributed by atoms with Gasteiger partial charge in [0.15, 0.2) is 17.3 Å². The number of benzene rings is 3. The molecular formula is C23H18BrFN2O3S. The normalized spacial score (nSPS) is 10.7. The minimum atomic E-state index is -0.422. The molecule has 0 aliphatic heterocycles. The maximum Gasteiger partial charge on any atom is 0.162 e. The number of nitrogens with zero attached hydrogens (tertiary/aromatic N) is 1. The van der Waals surface area contributed by atoms with Gasteiger partial charge >= 0.3 is 0 Å². The smallest absolute Gasteiger partial charge is 0.162 e. The first-order valence-corrected chi connectivity index (χ1v) is 10.9. The fourth-order valence-electron chi connectivity index (χ4n) is 2.94. The summed E-state index contributed by atoms with van der Waals surface area (Å²) in [5.74, 6) is 1.62. The van der Waals surface area contributed by atoms with E-state index in [1.165, 1.54) is 18.0 Å². The number of fused-ring (bicyclic) bond motifs is 1. The molecule has 1 aromatic heterocycles. The van der Waals surface area contributed by atoms with Crippen LogP contribution in [0.1, 0.15) is 0 Å².